The average Bonchev–Trinajstić information content (AvgIpc) is 3.28. The third-order valence-corrected chi connectivity index (χ3v) is 4.89. The molecule has 3 rings (SSSR count). The summed E-state index contributed by atoms with van der Waals surface area (Å²) in [7, 11) is 0. The molecule has 1 atom stereocenters. The summed E-state index contributed by atoms with van der Waals surface area (Å²) in [6.45, 7) is 0.131. The van der Waals surface area contributed by atoms with Crippen LogP contribution in [0.25, 0.3) is 0 Å². The van der Waals surface area contributed by atoms with Crippen LogP contribution in [0.3, 0.4) is 0 Å². The summed E-state index contributed by atoms with van der Waals surface area (Å²) in [5.41, 5.74) is 0.740. The van der Waals surface area contributed by atoms with Gasteiger partial charge in [-0.3, -0.25) is 14.4 Å². The minimum atomic E-state index is -1.04. The Hall–Kier alpha value is -1.89. The second-order valence-electron chi connectivity index (χ2n) is 5.87. The highest BCUT2D eigenvalue weighted by Crippen LogP contribution is 2.34. The largest absolute Gasteiger partial charge is 0.480 e. The Kier molecular flexibility index (Phi) is 4.39. The molecule has 1 aliphatic carbocycles. The topological polar surface area (TPSA) is 77.9 Å². The summed E-state index contributed by atoms with van der Waals surface area (Å²) in [6.07, 6.45) is 2.05. The lowest BCUT2D eigenvalue weighted by atomic mass is 10.1. The summed E-state index contributed by atoms with van der Waals surface area (Å²) in [4.78, 5) is 39.2. The number of aliphatic carboxylic acids is 1. The zero-order valence-corrected chi connectivity index (χ0v) is 14.0. The van der Waals surface area contributed by atoms with Crippen LogP contribution in [-0.4, -0.2) is 46.9 Å². The van der Waals surface area contributed by atoms with Gasteiger partial charge in [-0.2, -0.15) is 0 Å². The van der Waals surface area contributed by atoms with Gasteiger partial charge < -0.3 is 14.9 Å². The second-order valence-corrected chi connectivity index (χ2v) is 6.73. The Morgan fingerprint density at radius 1 is 1.26 bits per heavy atom. The van der Waals surface area contributed by atoms with Gasteiger partial charge in [0.15, 0.2) is 0 Å². The molecule has 1 aromatic rings. The number of rotatable bonds is 5. The molecule has 7 heteroatoms. The molecule has 0 unspecified atom stereocenters. The van der Waals surface area contributed by atoms with Crippen molar-refractivity contribution in [2.24, 2.45) is 5.92 Å². The lowest BCUT2D eigenvalue weighted by molar-refractivity contribution is -0.148. The van der Waals surface area contributed by atoms with Crippen molar-refractivity contribution in [2.45, 2.75) is 25.3 Å². The van der Waals surface area contributed by atoms with Crippen LogP contribution >= 0.6 is 15.9 Å². The van der Waals surface area contributed by atoms with Crippen molar-refractivity contribution in [3.63, 3.8) is 0 Å². The SMILES string of the molecule is O=C(O)CN(C(=O)[C@H]1CCN(c2ccccc2Br)C1=O)C1CC1. The quantitative estimate of drug-likeness (QED) is 0.791. The first-order valence-electron chi connectivity index (χ1n) is 7.57. The molecule has 1 saturated heterocycles. The number of amides is 2. The highest BCUT2D eigenvalue weighted by atomic mass is 79.9. The molecule has 0 aromatic heterocycles. The third kappa shape index (κ3) is 3.24. The normalized spacial score (nSPS) is 20.7. The molecule has 1 aromatic carbocycles. The molecule has 0 radical (unpaired) electrons. The number of para-hydroxylation sites is 1. The number of halogens is 1. The van der Waals surface area contributed by atoms with Gasteiger partial charge in [0.25, 0.3) is 0 Å². The molecular formula is C16H17BrN2O4. The van der Waals surface area contributed by atoms with Crippen molar-refractivity contribution in [1.29, 1.82) is 0 Å². The first kappa shape index (κ1) is 16.0. The fourth-order valence-corrected chi connectivity index (χ4v) is 3.44. The smallest absolute Gasteiger partial charge is 0.323 e. The summed E-state index contributed by atoms with van der Waals surface area (Å²) >= 11 is 3.42. The van der Waals surface area contributed by atoms with Crippen molar-refractivity contribution in [1.82, 2.24) is 4.90 Å². The van der Waals surface area contributed by atoms with Gasteiger partial charge in [-0.25, -0.2) is 0 Å². The molecule has 2 amide bonds. The molecule has 0 spiro atoms. The molecule has 1 saturated carbocycles. The van der Waals surface area contributed by atoms with Gasteiger partial charge in [0, 0.05) is 17.1 Å². The number of hydrogen-bond donors (Lipinski definition) is 1. The number of benzene rings is 1. The third-order valence-electron chi connectivity index (χ3n) is 4.22. The molecule has 0 bridgehead atoms. The lowest BCUT2D eigenvalue weighted by Crippen LogP contribution is -2.43. The van der Waals surface area contributed by atoms with Crippen LogP contribution in [0, 0.1) is 5.92 Å². The van der Waals surface area contributed by atoms with Crippen molar-refractivity contribution in [2.75, 3.05) is 18.0 Å². The zero-order chi connectivity index (χ0) is 16.6. The van der Waals surface area contributed by atoms with Gasteiger partial charge in [-0.15, -0.1) is 0 Å². The summed E-state index contributed by atoms with van der Waals surface area (Å²) in [5, 5.41) is 8.99. The van der Waals surface area contributed by atoms with E-state index in [1.165, 1.54) is 4.90 Å². The van der Waals surface area contributed by atoms with Crippen molar-refractivity contribution < 1.29 is 19.5 Å². The molecule has 2 fully saturated rings. The molecule has 1 heterocycles. The van der Waals surface area contributed by atoms with Crippen LogP contribution in [0.1, 0.15) is 19.3 Å². The van der Waals surface area contributed by atoms with E-state index in [-0.39, 0.29) is 24.4 Å². The lowest BCUT2D eigenvalue weighted by Gasteiger charge is -2.23. The van der Waals surface area contributed by atoms with E-state index in [4.69, 9.17) is 5.11 Å². The minimum absolute atomic E-state index is 0.0242. The maximum atomic E-state index is 12.6. The van der Waals surface area contributed by atoms with Crippen molar-refractivity contribution >= 4 is 39.4 Å². The van der Waals surface area contributed by atoms with Gasteiger partial charge in [-0.05, 0) is 47.3 Å². The van der Waals surface area contributed by atoms with Crippen LogP contribution in [0.4, 0.5) is 5.69 Å². The Morgan fingerprint density at radius 3 is 2.57 bits per heavy atom. The summed E-state index contributed by atoms with van der Waals surface area (Å²) < 4.78 is 0.797. The maximum Gasteiger partial charge on any atom is 0.323 e. The number of hydrogen-bond acceptors (Lipinski definition) is 3. The van der Waals surface area contributed by atoms with Crippen LogP contribution in [0.15, 0.2) is 28.7 Å². The predicted molar refractivity (Wildman–Crippen MR) is 87.0 cm³/mol. The van der Waals surface area contributed by atoms with Crippen LogP contribution in [0.5, 0.6) is 0 Å². The van der Waals surface area contributed by atoms with Gasteiger partial charge in [0.1, 0.15) is 12.5 Å². The van der Waals surface area contributed by atoms with Crippen LogP contribution in [-0.2, 0) is 14.4 Å². The van der Waals surface area contributed by atoms with Crippen LogP contribution < -0.4 is 4.90 Å². The van der Waals surface area contributed by atoms with Gasteiger partial charge in [-0.1, -0.05) is 12.1 Å². The highest BCUT2D eigenvalue weighted by Gasteiger charge is 2.44. The Bertz CT molecular complexity index is 659. The van der Waals surface area contributed by atoms with Gasteiger partial charge in [0.2, 0.25) is 11.8 Å². The summed E-state index contributed by atoms with van der Waals surface area (Å²) in [5.74, 6) is -2.42. The Labute approximate surface area is 142 Å². The average molecular weight is 381 g/mol. The first-order chi connectivity index (χ1) is 11.0. The van der Waals surface area contributed by atoms with Crippen molar-refractivity contribution in [3.8, 4) is 0 Å². The molecule has 1 N–H and O–H groups in total. The monoisotopic (exact) mass is 380 g/mol. The minimum Gasteiger partial charge on any atom is -0.480 e. The van der Waals surface area contributed by atoms with E-state index in [9.17, 15) is 14.4 Å². The van der Waals surface area contributed by atoms with E-state index in [2.05, 4.69) is 15.9 Å². The fraction of sp³-hybridized carbons (Fsp3) is 0.438. The Morgan fingerprint density at radius 2 is 1.96 bits per heavy atom. The van der Waals surface area contributed by atoms with E-state index >= 15 is 0 Å². The Balaban J connectivity index is 1.77. The highest BCUT2D eigenvalue weighted by molar-refractivity contribution is 9.10. The van der Waals surface area contributed by atoms with E-state index in [1.54, 1.807) is 4.90 Å². The van der Waals surface area contributed by atoms with Gasteiger partial charge in [0.05, 0.1) is 5.69 Å². The van der Waals surface area contributed by atoms with E-state index in [1.807, 2.05) is 24.3 Å². The molecule has 122 valence electrons. The van der Waals surface area contributed by atoms with E-state index < -0.39 is 11.9 Å². The maximum absolute atomic E-state index is 12.6. The first-order valence-corrected chi connectivity index (χ1v) is 8.36. The number of carbonyl (C=O) groups excluding carboxylic acids is 2. The fourth-order valence-electron chi connectivity index (χ4n) is 2.94. The number of carboxylic acid groups (broad SMARTS) is 1. The summed E-state index contributed by atoms with van der Waals surface area (Å²) in [6, 6.07) is 7.34. The van der Waals surface area contributed by atoms with E-state index in [0.717, 1.165) is 23.0 Å². The standard InChI is InChI=1S/C16H17BrN2O4/c17-12-3-1-2-4-13(12)18-8-7-11(15(18)22)16(23)19(9-14(20)21)10-5-6-10/h1-4,10-11H,5-9H2,(H,20,21)/t11-/m0/s1. The van der Waals surface area contributed by atoms with Crippen molar-refractivity contribution in [3.05, 3.63) is 28.7 Å². The molecule has 23 heavy (non-hydrogen) atoms. The zero-order valence-electron chi connectivity index (χ0n) is 12.4. The van der Waals surface area contributed by atoms with E-state index in [0.29, 0.717) is 13.0 Å². The van der Waals surface area contributed by atoms with Crippen LogP contribution in [0.2, 0.25) is 0 Å². The molecule has 6 nitrogen and oxygen atoms in total. The molecular weight excluding hydrogens is 364 g/mol. The number of anilines is 1. The predicted octanol–water partition coefficient (Wildman–Crippen LogP) is 1.88. The second kappa shape index (κ2) is 6.31. The number of nitrogens with zero attached hydrogens (tertiary/aromatic N) is 2. The number of carboxylic acids is 1. The van der Waals surface area contributed by atoms with Gasteiger partial charge >= 0.3 is 5.97 Å². The number of carbonyl (C=O) groups is 3. The molecule has 2 aliphatic rings. The molecule has 1 aliphatic heterocycles.